The van der Waals surface area contributed by atoms with E-state index in [4.69, 9.17) is 23.2 Å². The van der Waals surface area contributed by atoms with Crippen molar-refractivity contribution < 1.29 is 0 Å². The van der Waals surface area contributed by atoms with Crippen molar-refractivity contribution >= 4 is 23.2 Å². The summed E-state index contributed by atoms with van der Waals surface area (Å²) in [6, 6.07) is 17.2. The Morgan fingerprint density at radius 3 is 2.46 bits per heavy atom. The first-order chi connectivity index (χ1) is 12.5. The quantitative estimate of drug-likeness (QED) is 0.721. The summed E-state index contributed by atoms with van der Waals surface area (Å²) in [6.07, 6.45) is 0. The van der Waals surface area contributed by atoms with Gasteiger partial charge in [0.05, 0.1) is 10.0 Å². The van der Waals surface area contributed by atoms with Crippen LogP contribution < -0.4 is 0 Å². The minimum absolute atomic E-state index is 0.390. The second-order valence-electron chi connectivity index (χ2n) is 7.25. The molecule has 1 aliphatic heterocycles. The highest BCUT2D eigenvalue weighted by molar-refractivity contribution is 6.42. The summed E-state index contributed by atoms with van der Waals surface area (Å²) in [4.78, 5) is 7.38. The molecule has 2 aromatic carbocycles. The van der Waals surface area contributed by atoms with Crippen molar-refractivity contribution in [3.05, 3.63) is 69.7 Å². The van der Waals surface area contributed by atoms with Gasteiger partial charge in [0.1, 0.15) is 0 Å². The summed E-state index contributed by atoms with van der Waals surface area (Å²) in [7, 11) is 4.27. The van der Waals surface area contributed by atoms with Crippen molar-refractivity contribution in [3.8, 4) is 0 Å². The van der Waals surface area contributed by atoms with E-state index in [1.165, 1.54) is 11.1 Å². The van der Waals surface area contributed by atoms with Crippen LogP contribution in [0.5, 0.6) is 0 Å². The van der Waals surface area contributed by atoms with E-state index < -0.39 is 0 Å². The number of nitrogens with zero attached hydrogens (tertiary/aromatic N) is 3. The fourth-order valence-corrected chi connectivity index (χ4v) is 3.80. The van der Waals surface area contributed by atoms with Crippen LogP contribution >= 0.6 is 23.2 Å². The summed E-state index contributed by atoms with van der Waals surface area (Å²) in [6.45, 7) is 6.29. The van der Waals surface area contributed by atoms with Gasteiger partial charge < -0.3 is 4.90 Å². The van der Waals surface area contributed by atoms with Crippen LogP contribution in [0.4, 0.5) is 0 Å². The molecule has 0 N–H and O–H groups in total. The zero-order valence-corrected chi connectivity index (χ0v) is 17.0. The molecule has 140 valence electrons. The summed E-state index contributed by atoms with van der Waals surface area (Å²) in [5.41, 5.74) is 2.59. The Kier molecular flexibility index (Phi) is 6.96. The minimum Gasteiger partial charge on any atom is -0.308 e. The van der Waals surface area contributed by atoms with Crippen molar-refractivity contribution in [3.63, 3.8) is 0 Å². The van der Waals surface area contributed by atoms with Crippen LogP contribution in [0, 0.1) is 0 Å². The zero-order chi connectivity index (χ0) is 18.5. The Balaban J connectivity index is 1.75. The molecule has 1 heterocycles. The van der Waals surface area contributed by atoms with Gasteiger partial charge in [0, 0.05) is 45.3 Å². The molecule has 0 aromatic heterocycles. The Hall–Kier alpha value is -1.10. The summed E-state index contributed by atoms with van der Waals surface area (Å²) >= 11 is 12.3. The number of likely N-dealkylation sites (N-methyl/N-ethyl adjacent to an activating group) is 1. The highest BCUT2D eigenvalue weighted by Gasteiger charge is 2.28. The predicted molar refractivity (Wildman–Crippen MR) is 111 cm³/mol. The highest BCUT2D eigenvalue weighted by atomic mass is 35.5. The van der Waals surface area contributed by atoms with Gasteiger partial charge in [-0.25, -0.2) is 0 Å². The van der Waals surface area contributed by atoms with Gasteiger partial charge in [0.25, 0.3) is 0 Å². The lowest BCUT2D eigenvalue weighted by Crippen LogP contribution is -2.49. The minimum atomic E-state index is 0.390. The Morgan fingerprint density at radius 2 is 1.77 bits per heavy atom. The molecule has 0 amide bonds. The third kappa shape index (κ3) is 5.21. The largest absolute Gasteiger partial charge is 0.308 e. The summed E-state index contributed by atoms with van der Waals surface area (Å²) in [5.74, 6) is 0. The summed E-state index contributed by atoms with van der Waals surface area (Å²) < 4.78 is 0. The number of piperazine rings is 1. The molecule has 3 nitrogen and oxygen atoms in total. The van der Waals surface area contributed by atoms with Crippen molar-refractivity contribution in [1.82, 2.24) is 14.7 Å². The molecule has 0 bridgehead atoms. The van der Waals surface area contributed by atoms with E-state index in [0.717, 1.165) is 39.3 Å². The second-order valence-corrected chi connectivity index (χ2v) is 8.06. The molecule has 0 aliphatic carbocycles. The monoisotopic (exact) mass is 391 g/mol. The lowest BCUT2D eigenvalue weighted by Gasteiger charge is -2.42. The maximum Gasteiger partial charge on any atom is 0.0595 e. The number of hydrogen-bond donors (Lipinski definition) is 0. The van der Waals surface area contributed by atoms with Crippen molar-refractivity contribution in [2.45, 2.75) is 12.6 Å². The van der Waals surface area contributed by atoms with Crippen LogP contribution in [0.1, 0.15) is 17.2 Å². The number of halogens is 2. The van der Waals surface area contributed by atoms with Gasteiger partial charge in [-0.2, -0.15) is 0 Å². The molecular weight excluding hydrogens is 365 g/mol. The molecular formula is C21H27Cl2N3. The van der Waals surface area contributed by atoms with E-state index in [1.807, 2.05) is 12.1 Å². The van der Waals surface area contributed by atoms with Crippen molar-refractivity contribution in [2.75, 3.05) is 46.8 Å². The van der Waals surface area contributed by atoms with E-state index >= 15 is 0 Å². The molecule has 5 heteroatoms. The molecule has 1 unspecified atom stereocenters. The molecule has 0 radical (unpaired) electrons. The molecule has 0 saturated carbocycles. The molecule has 3 rings (SSSR count). The van der Waals surface area contributed by atoms with Gasteiger partial charge in [-0.05, 0) is 37.4 Å². The van der Waals surface area contributed by atoms with Gasteiger partial charge in [0.15, 0.2) is 0 Å². The maximum atomic E-state index is 6.22. The maximum absolute atomic E-state index is 6.22. The third-order valence-electron chi connectivity index (χ3n) is 4.99. The van der Waals surface area contributed by atoms with Crippen LogP contribution in [0.15, 0.2) is 48.5 Å². The fraction of sp³-hybridized carbons (Fsp3) is 0.429. The Bertz CT molecular complexity index is 706. The normalized spacial score (nSPS) is 19.2. The van der Waals surface area contributed by atoms with Crippen molar-refractivity contribution in [1.29, 1.82) is 0 Å². The van der Waals surface area contributed by atoms with Gasteiger partial charge in [0.2, 0.25) is 0 Å². The van der Waals surface area contributed by atoms with Gasteiger partial charge in [-0.15, -0.1) is 0 Å². The van der Waals surface area contributed by atoms with Crippen LogP contribution in [-0.4, -0.2) is 61.5 Å². The second kappa shape index (κ2) is 9.20. The Morgan fingerprint density at radius 1 is 1.00 bits per heavy atom. The molecule has 2 aromatic rings. The first-order valence-electron chi connectivity index (χ1n) is 9.13. The number of rotatable bonds is 6. The third-order valence-corrected chi connectivity index (χ3v) is 5.73. The van der Waals surface area contributed by atoms with E-state index in [1.54, 1.807) is 0 Å². The predicted octanol–water partition coefficient (Wildman–Crippen LogP) is 4.41. The number of benzene rings is 2. The van der Waals surface area contributed by atoms with Gasteiger partial charge in [-0.1, -0.05) is 59.6 Å². The van der Waals surface area contributed by atoms with Crippen LogP contribution in [0.25, 0.3) is 0 Å². The van der Waals surface area contributed by atoms with E-state index in [9.17, 15) is 0 Å². The molecule has 1 atom stereocenters. The number of hydrogen-bond acceptors (Lipinski definition) is 3. The van der Waals surface area contributed by atoms with E-state index in [-0.39, 0.29) is 0 Å². The molecule has 26 heavy (non-hydrogen) atoms. The molecule has 0 spiro atoms. The first kappa shape index (κ1) is 19.7. The van der Waals surface area contributed by atoms with Gasteiger partial charge >= 0.3 is 0 Å². The Labute approximate surface area is 167 Å². The summed E-state index contributed by atoms with van der Waals surface area (Å²) in [5, 5.41) is 1.24. The smallest absolute Gasteiger partial charge is 0.0595 e. The molecule has 1 aliphatic rings. The topological polar surface area (TPSA) is 9.72 Å². The lowest BCUT2D eigenvalue weighted by atomic mass is 10.0. The van der Waals surface area contributed by atoms with Crippen LogP contribution in [0.3, 0.4) is 0 Å². The van der Waals surface area contributed by atoms with Crippen LogP contribution in [-0.2, 0) is 6.54 Å². The zero-order valence-electron chi connectivity index (χ0n) is 15.5. The van der Waals surface area contributed by atoms with Gasteiger partial charge in [-0.3, -0.25) is 9.80 Å². The molecule has 1 fully saturated rings. The van der Waals surface area contributed by atoms with Crippen molar-refractivity contribution in [2.24, 2.45) is 0 Å². The first-order valence-corrected chi connectivity index (χ1v) is 9.88. The van der Waals surface area contributed by atoms with E-state index in [0.29, 0.717) is 16.1 Å². The van der Waals surface area contributed by atoms with E-state index in [2.05, 4.69) is 65.2 Å². The highest BCUT2D eigenvalue weighted by Crippen LogP contribution is 2.29. The average Bonchev–Trinajstić information content (AvgIpc) is 2.64. The molecule has 1 saturated heterocycles. The standard InChI is InChI=1S/C21H27Cl2N3/c1-24(2)10-11-25-12-13-26(15-17-8-9-19(22)20(23)14-17)21(16-25)18-6-4-3-5-7-18/h3-9,14,21H,10-13,15-16H2,1-2H3. The van der Waals surface area contributed by atoms with Crippen LogP contribution in [0.2, 0.25) is 10.0 Å². The SMILES string of the molecule is CN(C)CCN1CCN(Cc2ccc(Cl)c(Cl)c2)C(c2ccccc2)C1. The fourth-order valence-electron chi connectivity index (χ4n) is 3.47. The lowest BCUT2D eigenvalue weighted by molar-refractivity contribution is 0.0643. The average molecular weight is 392 g/mol.